The number of allylic oxidation sites excluding steroid dienone is 2. The molecule has 1 unspecified atom stereocenters. The molecule has 1 rings (SSSR count). The van der Waals surface area contributed by atoms with Crippen LogP contribution in [0.25, 0.3) is 5.57 Å². The number of carboxylic acid groups (broad SMARTS) is 1. The van der Waals surface area contributed by atoms with Gasteiger partial charge in [0.2, 0.25) is 0 Å². The Hall–Kier alpha value is -1.85. The van der Waals surface area contributed by atoms with Gasteiger partial charge in [-0.25, -0.2) is 0 Å². The fourth-order valence-electron chi connectivity index (χ4n) is 3.98. The van der Waals surface area contributed by atoms with Crippen LogP contribution >= 0.6 is 0 Å². The summed E-state index contributed by atoms with van der Waals surface area (Å²) in [7, 11) is 0. The van der Waals surface area contributed by atoms with Crippen molar-refractivity contribution in [1.29, 1.82) is 0 Å². The molecule has 3 N–H and O–H groups in total. The largest absolute Gasteiger partial charge is 0.481 e. The molecule has 176 valence electrons. The number of carboxylic acids is 1. The van der Waals surface area contributed by atoms with Crippen molar-refractivity contribution in [2.24, 2.45) is 0 Å². The van der Waals surface area contributed by atoms with Crippen molar-refractivity contribution in [3.63, 3.8) is 0 Å². The number of unbranched alkanes of at least 4 members (excludes halogenated alkanes) is 4. The minimum absolute atomic E-state index is 0.200. The molecule has 5 heteroatoms. The number of aliphatic hydroxyl groups is 2. The van der Waals surface area contributed by atoms with E-state index in [2.05, 4.69) is 43.3 Å². The lowest BCUT2D eigenvalue weighted by Crippen LogP contribution is -2.07. The van der Waals surface area contributed by atoms with Crippen LogP contribution in [0.3, 0.4) is 0 Å². The Bertz CT molecular complexity index is 690. The van der Waals surface area contributed by atoms with E-state index >= 15 is 0 Å². The Morgan fingerprint density at radius 1 is 1.13 bits per heavy atom. The summed E-state index contributed by atoms with van der Waals surface area (Å²) in [5, 5.41) is 28.1. The van der Waals surface area contributed by atoms with E-state index in [1.165, 1.54) is 16.8 Å². The molecule has 31 heavy (non-hydrogen) atoms. The third-order valence-corrected chi connectivity index (χ3v) is 5.76. The topological polar surface area (TPSA) is 82.7 Å². The molecule has 1 aromatic rings. The Kier molecular flexibility index (Phi) is 13.9. The first-order valence-corrected chi connectivity index (χ1v) is 11.9. The first-order chi connectivity index (χ1) is 14.9. The number of nitrogens with zero attached hydrogens (tertiary/aromatic N) is 1. The van der Waals surface area contributed by atoms with Crippen LogP contribution < -0.4 is 0 Å². The maximum absolute atomic E-state index is 10.8. The molecule has 5 nitrogen and oxygen atoms in total. The van der Waals surface area contributed by atoms with Crippen molar-refractivity contribution in [3.05, 3.63) is 41.7 Å². The predicted octanol–water partition coefficient (Wildman–Crippen LogP) is 5.66. The van der Waals surface area contributed by atoms with E-state index in [1.807, 2.05) is 0 Å². The van der Waals surface area contributed by atoms with Gasteiger partial charge in [-0.2, -0.15) is 0 Å². The zero-order chi connectivity index (χ0) is 23.1. The minimum Gasteiger partial charge on any atom is -0.481 e. The molecule has 0 saturated heterocycles. The van der Waals surface area contributed by atoms with Crippen LogP contribution in [-0.2, 0) is 17.8 Å². The Labute approximate surface area is 188 Å². The van der Waals surface area contributed by atoms with E-state index in [4.69, 9.17) is 10.2 Å². The molecule has 0 fully saturated rings. The average Bonchev–Trinajstić information content (AvgIpc) is 3.05. The maximum atomic E-state index is 10.8. The van der Waals surface area contributed by atoms with Gasteiger partial charge < -0.3 is 19.9 Å². The number of hydrogen-bond donors (Lipinski definition) is 3. The van der Waals surface area contributed by atoms with E-state index in [0.29, 0.717) is 19.3 Å². The summed E-state index contributed by atoms with van der Waals surface area (Å²) < 4.78 is 2.30. The summed E-state index contributed by atoms with van der Waals surface area (Å²) in [4.78, 5) is 10.8. The molecule has 0 saturated carbocycles. The van der Waals surface area contributed by atoms with Crippen LogP contribution in [0.1, 0.15) is 94.4 Å². The lowest BCUT2D eigenvalue weighted by Gasteiger charge is -2.12. The fraction of sp³-hybridized carbons (Fsp3) is 0.654. The SMILES string of the molecule is C=C(CCCCC(=O)O)c1c(CCC(O)C/C=C\CC)cn(CCCCCCO)c1C. The quantitative estimate of drug-likeness (QED) is 0.206. The number of aromatic nitrogens is 1. The van der Waals surface area contributed by atoms with Crippen LogP contribution in [0, 0.1) is 6.92 Å². The molecule has 0 aromatic carbocycles. The van der Waals surface area contributed by atoms with Gasteiger partial charge in [0.1, 0.15) is 0 Å². The van der Waals surface area contributed by atoms with Crippen molar-refractivity contribution < 1.29 is 20.1 Å². The number of aliphatic hydroxyl groups excluding tert-OH is 2. The van der Waals surface area contributed by atoms with Crippen LogP contribution in [-0.4, -0.2) is 38.6 Å². The predicted molar refractivity (Wildman–Crippen MR) is 128 cm³/mol. The van der Waals surface area contributed by atoms with Crippen molar-refractivity contribution in [2.75, 3.05) is 6.61 Å². The summed E-state index contributed by atoms with van der Waals surface area (Å²) in [6.07, 6.45) is 15.8. The van der Waals surface area contributed by atoms with Gasteiger partial charge in [-0.3, -0.25) is 4.79 Å². The van der Waals surface area contributed by atoms with Crippen molar-refractivity contribution in [3.8, 4) is 0 Å². The highest BCUT2D eigenvalue weighted by atomic mass is 16.4. The van der Waals surface area contributed by atoms with Crippen LogP contribution in [0.5, 0.6) is 0 Å². The smallest absolute Gasteiger partial charge is 0.303 e. The number of carbonyl (C=O) groups is 1. The van der Waals surface area contributed by atoms with Crippen molar-refractivity contribution >= 4 is 11.5 Å². The van der Waals surface area contributed by atoms with Crippen LogP contribution in [0.2, 0.25) is 0 Å². The fourth-order valence-corrected chi connectivity index (χ4v) is 3.98. The molecule has 1 atom stereocenters. The van der Waals surface area contributed by atoms with Crippen molar-refractivity contribution in [2.45, 2.75) is 104 Å². The lowest BCUT2D eigenvalue weighted by atomic mass is 9.95. The molecule has 1 heterocycles. The normalized spacial score (nSPS) is 12.5. The van der Waals surface area contributed by atoms with Gasteiger partial charge in [-0.15, -0.1) is 0 Å². The molecular weight excluding hydrogens is 390 g/mol. The first-order valence-electron chi connectivity index (χ1n) is 11.9. The van der Waals surface area contributed by atoms with Crippen LogP contribution in [0.15, 0.2) is 24.9 Å². The van der Waals surface area contributed by atoms with Crippen molar-refractivity contribution in [1.82, 2.24) is 4.57 Å². The summed E-state index contributed by atoms with van der Waals surface area (Å²) in [5.74, 6) is -0.749. The van der Waals surface area contributed by atoms with Gasteiger partial charge in [0.15, 0.2) is 0 Å². The van der Waals surface area contributed by atoms with Gasteiger partial charge in [0.25, 0.3) is 0 Å². The maximum Gasteiger partial charge on any atom is 0.303 e. The zero-order valence-corrected chi connectivity index (χ0v) is 19.6. The highest BCUT2D eigenvalue weighted by molar-refractivity contribution is 5.69. The third-order valence-electron chi connectivity index (χ3n) is 5.76. The standard InChI is InChI=1S/C26H43NO4/c1-4-5-8-14-24(29)17-16-23-20-27(18-11-6-7-12-19-28)22(3)26(23)21(2)13-9-10-15-25(30)31/h5,8,20,24,28-29H,2,4,6-7,9-19H2,1,3H3,(H,30,31)/b8-5-. The highest BCUT2D eigenvalue weighted by Crippen LogP contribution is 2.30. The van der Waals surface area contributed by atoms with E-state index in [1.54, 1.807) is 0 Å². The first kappa shape index (κ1) is 27.2. The molecule has 0 aliphatic heterocycles. The summed E-state index contributed by atoms with van der Waals surface area (Å²) in [6.45, 7) is 9.75. The lowest BCUT2D eigenvalue weighted by molar-refractivity contribution is -0.137. The van der Waals surface area contributed by atoms with E-state index in [0.717, 1.165) is 63.5 Å². The van der Waals surface area contributed by atoms with Gasteiger partial charge in [0, 0.05) is 37.0 Å². The second-order valence-electron chi connectivity index (χ2n) is 8.46. The molecule has 0 aliphatic rings. The number of aryl methyl sites for hydroxylation is 2. The van der Waals surface area contributed by atoms with Gasteiger partial charge >= 0.3 is 5.97 Å². The van der Waals surface area contributed by atoms with E-state index in [9.17, 15) is 9.90 Å². The Morgan fingerprint density at radius 2 is 1.84 bits per heavy atom. The number of hydrogen-bond acceptors (Lipinski definition) is 3. The zero-order valence-electron chi connectivity index (χ0n) is 19.6. The molecule has 1 aromatic heterocycles. The second-order valence-corrected chi connectivity index (χ2v) is 8.46. The third kappa shape index (κ3) is 10.8. The van der Waals surface area contributed by atoms with Gasteiger partial charge in [-0.05, 0) is 75.8 Å². The molecular formula is C26H43NO4. The summed E-state index contributed by atoms with van der Waals surface area (Å²) >= 11 is 0. The van der Waals surface area contributed by atoms with Gasteiger partial charge in [-0.1, -0.05) is 38.5 Å². The molecule has 0 bridgehead atoms. The second kappa shape index (κ2) is 15.9. The Morgan fingerprint density at radius 3 is 2.52 bits per heavy atom. The average molecular weight is 434 g/mol. The van der Waals surface area contributed by atoms with Crippen LogP contribution in [0.4, 0.5) is 0 Å². The minimum atomic E-state index is -0.749. The van der Waals surface area contributed by atoms with E-state index < -0.39 is 5.97 Å². The van der Waals surface area contributed by atoms with E-state index in [-0.39, 0.29) is 19.1 Å². The number of rotatable bonds is 18. The molecule has 0 amide bonds. The highest BCUT2D eigenvalue weighted by Gasteiger charge is 2.16. The van der Waals surface area contributed by atoms with Gasteiger partial charge in [0.05, 0.1) is 6.10 Å². The molecule has 0 radical (unpaired) electrons. The molecule has 0 aliphatic carbocycles. The number of aliphatic carboxylic acids is 1. The Balaban J connectivity index is 2.82. The monoisotopic (exact) mass is 433 g/mol. The summed E-state index contributed by atoms with van der Waals surface area (Å²) in [5.41, 5.74) is 4.70. The molecule has 0 spiro atoms. The summed E-state index contributed by atoms with van der Waals surface area (Å²) in [6, 6.07) is 0.